The van der Waals surface area contributed by atoms with E-state index in [0.29, 0.717) is 17.6 Å². The number of nitrogens with one attached hydrogen (secondary N) is 1. The van der Waals surface area contributed by atoms with Crippen molar-refractivity contribution in [3.8, 4) is 0 Å². The molecule has 2 saturated carbocycles. The molecule has 3 rings (SSSR count). The lowest BCUT2D eigenvalue weighted by atomic mass is 9.84. The maximum Gasteiger partial charge on any atom is 0.167 e. The molecule has 74 valence electrons. The molecule has 0 saturated heterocycles. The van der Waals surface area contributed by atoms with E-state index in [4.69, 9.17) is 0 Å². The van der Waals surface area contributed by atoms with Crippen LogP contribution in [0, 0.1) is 17.8 Å². The number of aromatic nitrogens is 1. The van der Waals surface area contributed by atoms with E-state index in [1.807, 2.05) is 18.5 Å². The normalized spacial score (nSPS) is 35.0. The Bertz CT molecular complexity index is 341. The number of hydrogen-bond acceptors (Lipinski definition) is 1. The van der Waals surface area contributed by atoms with E-state index in [1.165, 1.54) is 19.3 Å². The summed E-state index contributed by atoms with van der Waals surface area (Å²) < 4.78 is 0. The van der Waals surface area contributed by atoms with E-state index in [-0.39, 0.29) is 0 Å². The summed E-state index contributed by atoms with van der Waals surface area (Å²) in [7, 11) is 0. The fraction of sp³-hybridized carbons (Fsp3) is 0.583. The van der Waals surface area contributed by atoms with E-state index in [9.17, 15) is 4.79 Å². The number of carbonyl (C=O) groups is 1. The molecule has 0 aliphatic heterocycles. The summed E-state index contributed by atoms with van der Waals surface area (Å²) in [6, 6.07) is 1.90. The lowest BCUT2D eigenvalue weighted by molar-refractivity contribution is 0.0875. The molecule has 1 aromatic rings. The second-order valence-electron chi connectivity index (χ2n) is 4.75. The van der Waals surface area contributed by atoms with E-state index in [1.54, 1.807) is 0 Å². The van der Waals surface area contributed by atoms with Gasteiger partial charge in [0.15, 0.2) is 5.78 Å². The lowest BCUT2D eigenvalue weighted by Crippen LogP contribution is -2.20. The van der Waals surface area contributed by atoms with Crippen LogP contribution in [0.2, 0.25) is 0 Å². The first-order chi connectivity index (χ1) is 6.84. The Morgan fingerprint density at radius 1 is 1.36 bits per heavy atom. The Balaban J connectivity index is 1.81. The molecule has 2 fully saturated rings. The fourth-order valence-electron chi connectivity index (χ4n) is 3.26. The van der Waals surface area contributed by atoms with Crippen LogP contribution < -0.4 is 0 Å². The predicted molar refractivity (Wildman–Crippen MR) is 54.1 cm³/mol. The predicted octanol–water partition coefficient (Wildman–Crippen LogP) is 2.63. The molecular weight excluding hydrogens is 174 g/mol. The Morgan fingerprint density at radius 3 is 2.86 bits per heavy atom. The summed E-state index contributed by atoms with van der Waals surface area (Å²) in [5.74, 6) is 2.26. The van der Waals surface area contributed by atoms with Crippen molar-refractivity contribution in [1.29, 1.82) is 0 Å². The monoisotopic (exact) mass is 189 g/mol. The van der Waals surface area contributed by atoms with Crippen molar-refractivity contribution in [2.45, 2.75) is 25.7 Å². The van der Waals surface area contributed by atoms with Gasteiger partial charge in [0, 0.05) is 23.9 Å². The molecule has 3 unspecified atom stereocenters. The van der Waals surface area contributed by atoms with Crippen molar-refractivity contribution >= 4 is 5.78 Å². The third-order valence-corrected chi connectivity index (χ3v) is 3.96. The van der Waals surface area contributed by atoms with Gasteiger partial charge in [-0.3, -0.25) is 4.79 Å². The van der Waals surface area contributed by atoms with E-state index >= 15 is 0 Å². The number of aromatic amines is 1. The summed E-state index contributed by atoms with van der Waals surface area (Å²) in [5, 5.41) is 0. The highest BCUT2D eigenvalue weighted by Gasteiger charge is 2.43. The van der Waals surface area contributed by atoms with Crippen LogP contribution in [0.4, 0.5) is 0 Å². The van der Waals surface area contributed by atoms with Crippen molar-refractivity contribution in [3.05, 3.63) is 24.0 Å². The van der Waals surface area contributed by atoms with Crippen molar-refractivity contribution < 1.29 is 4.79 Å². The Hall–Kier alpha value is -1.05. The van der Waals surface area contributed by atoms with Gasteiger partial charge in [0.2, 0.25) is 0 Å². The first-order valence-corrected chi connectivity index (χ1v) is 5.51. The number of Topliss-reactive ketones (excluding diaryl/α,β-unsaturated/α-hetero) is 1. The molecule has 0 amide bonds. The minimum Gasteiger partial charge on any atom is -0.367 e. The van der Waals surface area contributed by atoms with Gasteiger partial charge in [-0.15, -0.1) is 0 Å². The smallest absolute Gasteiger partial charge is 0.167 e. The van der Waals surface area contributed by atoms with Crippen molar-refractivity contribution in [2.75, 3.05) is 0 Å². The molecule has 2 aliphatic rings. The van der Waals surface area contributed by atoms with Crippen LogP contribution in [0.3, 0.4) is 0 Å². The van der Waals surface area contributed by atoms with Crippen molar-refractivity contribution in [3.63, 3.8) is 0 Å². The van der Waals surface area contributed by atoms with Crippen molar-refractivity contribution in [1.82, 2.24) is 4.98 Å². The minimum absolute atomic E-state index is 0.338. The maximum atomic E-state index is 12.1. The molecule has 0 radical (unpaired) electrons. The Kier molecular flexibility index (Phi) is 1.76. The maximum absolute atomic E-state index is 12.1. The molecule has 2 aliphatic carbocycles. The summed E-state index contributed by atoms with van der Waals surface area (Å²) in [6.07, 6.45) is 8.76. The second kappa shape index (κ2) is 2.97. The molecule has 3 atom stereocenters. The minimum atomic E-state index is 0.338. The van der Waals surface area contributed by atoms with Gasteiger partial charge in [0.1, 0.15) is 0 Å². The summed E-state index contributed by atoms with van der Waals surface area (Å²) in [4.78, 5) is 15.0. The Morgan fingerprint density at radius 2 is 2.29 bits per heavy atom. The average molecular weight is 189 g/mol. The molecule has 0 aromatic carbocycles. The van der Waals surface area contributed by atoms with E-state index < -0.39 is 0 Å². The van der Waals surface area contributed by atoms with E-state index in [2.05, 4.69) is 4.98 Å². The van der Waals surface area contributed by atoms with Gasteiger partial charge >= 0.3 is 0 Å². The van der Waals surface area contributed by atoms with Gasteiger partial charge in [0.05, 0.1) is 0 Å². The molecule has 1 heterocycles. The molecule has 2 nitrogen and oxygen atoms in total. The third-order valence-electron chi connectivity index (χ3n) is 3.96. The van der Waals surface area contributed by atoms with Crippen LogP contribution in [0.1, 0.15) is 36.0 Å². The summed E-state index contributed by atoms with van der Waals surface area (Å²) in [5.41, 5.74) is 0.877. The standard InChI is InChI=1S/C12H15NO/c14-12(10-3-4-13-7-10)11-6-8-1-2-9(11)5-8/h3-4,7-9,11,13H,1-2,5-6H2. The molecule has 0 spiro atoms. The van der Waals surface area contributed by atoms with Gasteiger partial charge in [-0.25, -0.2) is 0 Å². The molecule has 1 N–H and O–H groups in total. The number of carbonyl (C=O) groups excluding carboxylic acids is 1. The van der Waals surface area contributed by atoms with Gasteiger partial charge in [-0.05, 0) is 37.2 Å². The zero-order valence-electron chi connectivity index (χ0n) is 8.20. The van der Waals surface area contributed by atoms with Gasteiger partial charge in [-0.1, -0.05) is 6.42 Å². The molecule has 2 bridgehead atoms. The van der Waals surface area contributed by atoms with Crippen LogP contribution in [0.25, 0.3) is 0 Å². The van der Waals surface area contributed by atoms with Gasteiger partial charge < -0.3 is 4.98 Å². The first-order valence-electron chi connectivity index (χ1n) is 5.51. The topological polar surface area (TPSA) is 32.9 Å². The SMILES string of the molecule is O=C(c1cc[nH]c1)C1CC2CCC1C2. The second-order valence-corrected chi connectivity index (χ2v) is 4.75. The van der Waals surface area contributed by atoms with Crippen LogP contribution in [0.5, 0.6) is 0 Å². The summed E-state index contributed by atoms with van der Waals surface area (Å²) in [6.45, 7) is 0. The number of rotatable bonds is 2. The highest BCUT2D eigenvalue weighted by molar-refractivity contribution is 5.98. The summed E-state index contributed by atoms with van der Waals surface area (Å²) >= 11 is 0. The fourth-order valence-corrected chi connectivity index (χ4v) is 3.26. The van der Waals surface area contributed by atoms with Crippen LogP contribution in [-0.2, 0) is 0 Å². The van der Waals surface area contributed by atoms with Crippen molar-refractivity contribution in [2.24, 2.45) is 17.8 Å². The Labute approximate surface area is 83.7 Å². The molecule has 14 heavy (non-hydrogen) atoms. The van der Waals surface area contributed by atoms with Crippen LogP contribution in [-0.4, -0.2) is 10.8 Å². The molecule has 2 heteroatoms. The first kappa shape index (κ1) is 8.27. The van der Waals surface area contributed by atoms with E-state index in [0.717, 1.165) is 17.9 Å². The van der Waals surface area contributed by atoms with Crippen LogP contribution >= 0.6 is 0 Å². The average Bonchev–Trinajstić information content (AvgIpc) is 2.93. The van der Waals surface area contributed by atoms with Gasteiger partial charge in [-0.2, -0.15) is 0 Å². The highest BCUT2D eigenvalue weighted by atomic mass is 16.1. The number of hydrogen-bond donors (Lipinski definition) is 1. The highest BCUT2D eigenvalue weighted by Crippen LogP contribution is 2.49. The largest absolute Gasteiger partial charge is 0.367 e. The zero-order chi connectivity index (χ0) is 9.54. The number of H-pyrrole nitrogens is 1. The van der Waals surface area contributed by atoms with Crippen LogP contribution in [0.15, 0.2) is 18.5 Å². The molecular formula is C12H15NO. The zero-order valence-corrected chi connectivity index (χ0v) is 8.20. The van der Waals surface area contributed by atoms with Gasteiger partial charge in [0.25, 0.3) is 0 Å². The third kappa shape index (κ3) is 1.13. The number of fused-ring (bicyclic) bond motifs is 2. The number of ketones is 1. The molecule has 1 aromatic heterocycles. The lowest BCUT2D eigenvalue weighted by Gasteiger charge is -2.19. The quantitative estimate of drug-likeness (QED) is 0.713.